The lowest BCUT2D eigenvalue weighted by Crippen LogP contribution is -2.29. The van der Waals surface area contributed by atoms with E-state index >= 15 is 0 Å². The van der Waals surface area contributed by atoms with Gasteiger partial charge in [0.05, 0.1) is 17.8 Å². The van der Waals surface area contributed by atoms with Gasteiger partial charge in [0.1, 0.15) is 5.75 Å². The third kappa shape index (κ3) is 3.25. The Bertz CT molecular complexity index is 601. The van der Waals surface area contributed by atoms with E-state index in [2.05, 4.69) is 17.4 Å². The summed E-state index contributed by atoms with van der Waals surface area (Å²) in [6.07, 6.45) is 0.169. The second kappa shape index (κ2) is 6.28. The second-order valence-corrected chi connectivity index (χ2v) is 5.54. The van der Waals surface area contributed by atoms with Gasteiger partial charge < -0.3 is 4.74 Å². The molecule has 0 aliphatic carbocycles. The van der Waals surface area contributed by atoms with Gasteiger partial charge in [0.15, 0.2) is 0 Å². The summed E-state index contributed by atoms with van der Waals surface area (Å²) < 4.78 is 7.55. The first-order valence-corrected chi connectivity index (χ1v) is 7.17. The Morgan fingerprint density at radius 2 is 1.81 bits per heavy atom. The average molecular weight is 288 g/mol. The van der Waals surface area contributed by atoms with Gasteiger partial charge in [-0.15, -0.1) is 0 Å². The molecule has 0 bridgehead atoms. The van der Waals surface area contributed by atoms with Gasteiger partial charge in [0.2, 0.25) is 0 Å². The van der Waals surface area contributed by atoms with Crippen LogP contribution in [0.1, 0.15) is 42.4 Å². The molecule has 0 spiro atoms. The first-order valence-electron chi connectivity index (χ1n) is 7.17. The topological polar surface area (TPSA) is 65.1 Å². The Hall–Kier alpha value is -1.85. The van der Waals surface area contributed by atoms with Gasteiger partial charge in [-0.05, 0) is 45.4 Å². The Morgan fingerprint density at radius 3 is 2.24 bits per heavy atom. The molecule has 0 aliphatic heterocycles. The number of benzene rings is 1. The largest absolute Gasteiger partial charge is 0.491 e. The fourth-order valence-electron chi connectivity index (χ4n) is 2.57. The predicted octanol–water partition coefficient (Wildman–Crippen LogP) is 2.38. The highest BCUT2D eigenvalue weighted by Crippen LogP contribution is 2.28. The first-order chi connectivity index (χ1) is 9.93. The van der Waals surface area contributed by atoms with E-state index in [1.807, 2.05) is 56.8 Å². The monoisotopic (exact) mass is 288 g/mol. The summed E-state index contributed by atoms with van der Waals surface area (Å²) in [4.78, 5) is 0. The van der Waals surface area contributed by atoms with Crippen molar-refractivity contribution in [2.24, 2.45) is 12.9 Å². The number of nitrogens with two attached hydrogens (primary N) is 1. The van der Waals surface area contributed by atoms with Crippen molar-refractivity contribution in [2.75, 3.05) is 0 Å². The third-order valence-corrected chi connectivity index (χ3v) is 3.61. The van der Waals surface area contributed by atoms with Crippen molar-refractivity contribution in [3.05, 3.63) is 46.8 Å². The number of rotatable bonds is 5. The van der Waals surface area contributed by atoms with E-state index in [0.717, 1.165) is 28.3 Å². The Kier molecular flexibility index (Phi) is 4.65. The number of hydrazine groups is 1. The molecule has 114 valence electrons. The van der Waals surface area contributed by atoms with E-state index in [-0.39, 0.29) is 12.1 Å². The first kappa shape index (κ1) is 15.5. The molecule has 0 amide bonds. The molecule has 0 radical (unpaired) electrons. The SMILES string of the molecule is Cc1nn(C)c(C)c1C(NN)c1ccc(OC(C)C)cc1. The minimum absolute atomic E-state index is 0.0770. The van der Waals surface area contributed by atoms with Gasteiger partial charge in [-0.1, -0.05) is 12.1 Å². The summed E-state index contributed by atoms with van der Waals surface area (Å²) >= 11 is 0. The van der Waals surface area contributed by atoms with Crippen LogP contribution in [0.2, 0.25) is 0 Å². The summed E-state index contributed by atoms with van der Waals surface area (Å²) in [7, 11) is 1.94. The highest BCUT2D eigenvalue weighted by atomic mass is 16.5. The molecule has 0 saturated heterocycles. The summed E-state index contributed by atoms with van der Waals surface area (Å²) in [5.41, 5.74) is 7.20. The molecule has 1 unspecified atom stereocenters. The van der Waals surface area contributed by atoms with Gasteiger partial charge in [-0.3, -0.25) is 10.5 Å². The number of ether oxygens (including phenoxy) is 1. The molecule has 1 heterocycles. The molecule has 5 nitrogen and oxygen atoms in total. The molecule has 0 saturated carbocycles. The van der Waals surface area contributed by atoms with Crippen LogP contribution >= 0.6 is 0 Å². The molecule has 2 rings (SSSR count). The smallest absolute Gasteiger partial charge is 0.119 e. The maximum Gasteiger partial charge on any atom is 0.119 e. The molecule has 1 aromatic heterocycles. The number of nitrogens with one attached hydrogen (secondary N) is 1. The van der Waals surface area contributed by atoms with Gasteiger partial charge in [-0.25, -0.2) is 5.43 Å². The molecular weight excluding hydrogens is 264 g/mol. The average Bonchev–Trinajstić information content (AvgIpc) is 2.67. The van der Waals surface area contributed by atoms with Crippen molar-refractivity contribution in [3.8, 4) is 5.75 Å². The normalized spacial score (nSPS) is 12.7. The molecule has 3 N–H and O–H groups in total. The van der Waals surface area contributed by atoms with Crippen molar-refractivity contribution < 1.29 is 4.74 Å². The van der Waals surface area contributed by atoms with Crippen LogP contribution in [0.4, 0.5) is 0 Å². The highest BCUT2D eigenvalue weighted by molar-refractivity contribution is 5.39. The fraction of sp³-hybridized carbons (Fsp3) is 0.438. The van der Waals surface area contributed by atoms with Gasteiger partial charge >= 0.3 is 0 Å². The Labute approximate surface area is 126 Å². The van der Waals surface area contributed by atoms with Crippen molar-refractivity contribution in [1.29, 1.82) is 0 Å². The lowest BCUT2D eigenvalue weighted by Gasteiger charge is -2.18. The number of aromatic nitrogens is 2. The highest BCUT2D eigenvalue weighted by Gasteiger charge is 2.20. The van der Waals surface area contributed by atoms with E-state index in [1.165, 1.54) is 0 Å². The summed E-state index contributed by atoms with van der Waals surface area (Å²) in [6, 6.07) is 7.94. The van der Waals surface area contributed by atoms with E-state index < -0.39 is 0 Å². The molecule has 21 heavy (non-hydrogen) atoms. The quantitative estimate of drug-likeness (QED) is 0.655. The van der Waals surface area contributed by atoms with E-state index in [4.69, 9.17) is 10.6 Å². The lowest BCUT2D eigenvalue weighted by molar-refractivity contribution is 0.242. The third-order valence-electron chi connectivity index (χ3n) is 3.61. The zero-order valence-electron chi connectivity index (χ0n) is 13.3. The van der Waals surface area contributed by atoms with Crippen LogP contribution < -0.4 is 16.0 Å². The minimum Gasteiger partial charge on any atom is -0.491 e. The molecule has 5 heteroatoms. The summed E-state index contributed by atoms with van der Waals surface area (Å²) in [5.74, 6) is 6.65. The zero-order chi connectivity index (χ0) is 15.6. The van der Waals surface area contributed by atoms with Gasteiger partial charge in [0, 0.05) is 18.3 Å². The molecule has 1 atom stereocenters. The van der Waals surface area contributed by atoms with E-state index in [0.29, 0.717) is 0 Å². The second-order valence-electron chi connectivity index (χ2n) is 5.54. The molecular formula is C16H24N4O. The van der Waals surface area contributed by atoms with Crippen LogP contribution in [0.5, 0.6) is 5.75 Å². The molecule has 1 aromatic carbocycles. The molecule has 0 aliphatic rings. The van der Waals surface area contributed by atoms with Crippen molar-refractivity contribution in [2.45, 2.75) is 39.8 Å². The van der Waals surface area contributed by atoms with Crippen LogP contribution in [0, 0.1) is 13.8 Å². The van der Waals surface area contributed by atoms with Crippen molar-refractivity contribution >= 4 is 0 Å². The maximum absolute atomic E-state index is 5.78. The molecule has 0 fully saturated rings. The Balaban J connectivity index is 2.33. The molecule has 2 aromatic rings. The van der Waals surface area contributed by atoms with Crippen LogP contribution in [-0.4, -0.2) is 15.9 Å². The fourth-order valence-corrected chi connectivity index (χ4v) is 2.57. The standard InChI is InChI=1S/C16H24N4O/c1-10(2)21-14-8-6-13(7-9-14)16(18-17)15-11(3)19-20(5)12(15)4/h6-10,16,18H,17H2,1-5H3. The van der Waals surface area contributed by atoms with Gasteiger partial charge in [0.25, 0.3) is 0 Å². The van der Waals surface area contributed by atoms with Crippen molar-refractivity contribution in [1.82, 2.24) is 15.2 Å². The predicted molar refractivity (Wildman–Crippen MR) is 84.1 cm³/mol. The lowest BCUT2D eigenvalue weighted by atomic mass is 9.97. The van der Waals surface area contributed by atoms with Crippen LogP contribution in [-0.2, 0) is 7.05 Å². The number of hydrogen-bond donors (Lipinski definition) is 2. The number of nitrogens with zero attached hydrogens (tertiary/aromatic N) is 2. The van der Waals surface area contributed by atoms with E-state index in [9.17, 15) is 0 Å². The summed E-state index contributed by atoms with van der Waals surface area (Å²) in [5, 5.41) is 4.46. The summed E-state index contributed by atoms with van der Waals surface area (Å²) in [6.45, 7) is 8.08. The van der Waals surface area contributed by atoms with Crippen LogP contribution in [0.3, 0.4) is 0 Å². The van der Waals surface area contributed by atoms with Crippen molar-refractivity contribution in [3.63, 3.8) is 0 Å². The minimum atomic E-state index is -0.0770. The van der Waals surface area contributed by atoms with Gasteiger partial charge in [-0.2, -0.15) is 5.10 Å². The zero-order valence-corrected chi connectivity index (χ0v) is 13.3. The van der Waals surface area contributed by atoms with E-state index in [1.54, 1.807) is 0 Å². The van der Waals surface area contributed by atoms with Crippen LogP contribution in [0.15, 0.2) is 24.3 Å². The maximum atomic E-state index is 5.78. The van der Waals surface area contributed by atoms with Crippen LogP contribution in [0.25, 0.3) is 0 Å². The number of aryl methyl sites for hydroxylation is 2. The Morgan fingerprint density at radius 1 is 1.19 bits per heavy atom. The number of hydrogen-bond acceptors (Lipinski definition) is 4.